The fraction of sp³-hybridized carbons (Fsp3) is 0.529. The van der Waals surface area contributed by atoms with E-state index in [2.05, 4.69) is 0 Å². The molecule has 0 spiro atoms. The Morgan fingerprint density at radius 1 is 1.25 bits per heavy atom. The molecule has 3 heteroatoms. The molecule has 3 nitrogen and oxygen atoms in total. The molecule has 1 fully saturated rings. The highest BCUT2D eigenvalue weighted by molar-refractivity contribution is 5.80. The number of carbonyl (C=O) groups excluding carboxylic acids is 2. The first-order valence-electron chi connectivity index (χ1n) is 7.18. The molecular weight excluding hydrogens is 252 g/mol. The van der Waals surface area contributed by atoms with Crippen LogP contribution in [0.15, 0.2) is 18.2 Å². The molecule has 0 saturated heterocycles. The monoisotopic (exact) mass is 274 g/mol. The molecule has 1 aromatic carbocycles. The van der Waals surface area contributed by atoms with Crippen LogP contribution in [0.1, 0.15) is 49.3 Å². The van der Waals surface area contributed by atoms with Gasteiger partial charge >= 0.3 is 5.97 Å². The topological polar surface area (TPSA) is 43.4 Å². The van der Waals surface area contributed by atoms with E-state index < -0.39 is 5.60 Å². The van der Waals surface area contributed by atoms with Crippen molar-refractivity contribution in [3.8, 4) is 0 Å². The molecule has 1 aliphatic rings. The average molecular weight is 274 g/mol. The number of carbonyl (C=O) groups is 2. The van der Waals surface area contributed by atoms with Crippen LogP contribution in [0.25, 0.3) is 0 Å². The molecule has 0 radical (unpaired) electrons. The van der Waals surface area contributed by atoms with Crippen molar-refractivity contribution in [2.45, 2.75) is 58.5 Å². The molecule has 0 amide bonds. The molecule has 1 aliphatic carbocycles. The van der Waals surface area contributed by atoms with Gasteiger partial charge in [0.25, 0.3) is 0 Å². The number of hydrogen-bond donors (Lipinski definition) is 0. The summed E-state index contributed by atoms with van der Waals surface area (Å²) in [5.41, 5.74) is 2.80. The van der Waals surface area contributed by atoms with Gasteiger partial charge in [0, 0.05) is 12.8 Å². The van der Waals surface area contributed by atoms with Gasteiger partial charge in [0.15, 0.2) is 0 Å². The van der Waals surface area contributed by atoms with Crippen LogP contribution in [0.5, 0.6) is 0 Å². The summed E-state index contributed by atoms with van der Waals surface area (Å²) in [7, 11) is 0. The Balaban J connectivity index is 1.98. The predicted molar refractivity (Wildman–Crippen MR) is 77.6 cm³/mol. The van der Waals surface area contributed by atoms with Crippen LogP contribution in [0.4, 0.5) is 0 Å². The van der Waals surface area contributed by atoms with E-state index in [1.165, 1.54) is 0 Å². The van der Waals surface area contributed by atoms with Gasteiger partial charge in [-0.2, -0.15) is 0 Å². The Bertz CT molecular complexity index is 521. The van der Waals surface area contributed by atoms with Gasteiger partial charge in [0.05, 0.1) is 6.42 Å². The van der Waals surface area contributed by atoms with Gasteiger partial charge < -0.3 is 4.74 Å². The van der Waals surface area contributed by atoms with Crippen LogP contribution in [0, 0.1) is 13.8 Å². The summed E-state index contributed by atoms with van der Waals surface area (Å²) in [6, 6.07) is 6.10. The zero-order chi connectivity index (χ0) is 14.8. The van der Waals surface area contributed by atoms with Crippen LogP contribution >= 0.6 is 0 Å². The lowest BCUT2D eigenvalue weighted by Crippen LogP contribution is -2.36. The van der Waals surface area contributed by atoms with Crippen LogP contribution < -0.4 is 0 Å². The Morgan fingerprint density at radius 3 is 2.55 bits per heavy atom. The molecule has 0 atom stereocenters. The smallest absolute Gasteiger partial charge is 0.310 e. The zero-order valence-corrected chi connectivity index (χ0v) is 12.5. The molecule has 0 aliphatic heterocycles. The summed E-state index contributed by atoms with van der Waals surface area (Å²) in [6.07, 6.45) is 2.63. The molecule has 0 bridgehead atoms. The third kappa shape index (κ3) is 3.69. The molecule has 0 unspecified atom stereocenters. The van der Waals surface area contributed by atoms with Gasteiger partial charge in [-0.3, -0.25) is 9.59 Å². The van der Waals surface area contributed by atoms with Crippen molar-refractivity contribution in [3.05, 3.63) is 34.9 Å². The number of ketones is 1. The van der Waals surface area contributed by atoms with Gasteiger partial charge in [-0.25, -0.2) is 0 Å². The summed E-state index contributed by atoms with van der Waals surface area (Å²) < 4.78 is 5.63. The van der Waals surface area contributed by atoms with Gasteiger partial charge in [0.1, 0.15) is 11.4 Å². The highest BCUT2D eigenvalue weighted by atomic mass is 16.6. The Kier molecular flexibility index (Phi) is 4.26. The quantitative estimate of drug-likeness (QED) is 0.794. The zero-order valence-electron chi connectivity index (χ0n) is 12.5. The molecular formula is C17H22O3. The highest BCUT2D eigenvalue weighted by Crippen LogP contribution is 2.30. The van der Waals surface area contributed by atoms with E-state index in [9.17, 15) is 9.59 Å². The molecule has 0 aromatic heterocycles. The van der Waals surface area contributed by atoms with Gasteiger partial charge in [-0.1, -0.05) is 23.8 Å². The van der Waals surface area contributed by atoms with Crippen LogP contribution in [0.3, 0.4) is 0 Å². The number of aryl methyl sites for hydroxylation is 2. The Labute approximate surface area is 120 Å². The predicted octanol–water partition coefficient (Wildman–Crippen LogP) is 3.29. The van der Waals surface area contributed by atoms with Crippen molar-refractivity contribution in [2.75, 3.05) is 0 Å². The first kappa shape index (κ1) is 14.8. The Hall–Kier alpha value is -1.64. The minimum absolute atomic E-state index is 0.199. The lowest BCUT2D eigenvalue weighted by atomic mass is 9.85. The standard InChI is InChI=1S/C17H22O3/c1-12-4-5-13(2)14(10-12)11-16(19)20-17(3)8-6-15(18)7-9-17/h4-5,10H,6-9,11H2,1-3H3. The molecule has 20 heavy (non-hydrogen) atoms. The van der Waals surface area contributed by atoms with E-state index in [1.807, 2.05) is 39.0 Å². The molecule has 108 valence electrons. The average Bonchev–Trinajstić information content (AvgIpc) is 2.37. The maximum absolute atomic E-state index is 12.1. The summed E-state index contributed by atoms with van der Waals surface area (Å²) in [5, 5.41) is 0. The molecule has 0 N–H and O–H groups in total. The van der Waals surface area contributed by atoms with Gasteiger partial charge in [-0.05, 0) is 44.7 Å². The lowest BCUT2D eigenvalue weighted by molar-refractivity contribution is -0.162. The van der Waals surface area contributed by atoms with E-state index in [0.717, 1.165) is 16.7 Å². The van der Waals surface area contributed by atoms with Gasteiger partial charge in [-0.15, -0.1) is 0 Å². The Morgan fingerprint density at radius 2 is 1.90 bits per heavy atom. The number of hydrogen-bond acceptors (Lipinski definition) is 3. The largest absolute Gasteiger partial charge is 0.459 e. The first-order chi connectivity index (χ1) is 9.38. The van der Waals surface area contributed by atoms with Crippen molar-refractivity contribution >= 4 is 11.8 Å². The number of benzene rings is 1. The second kappa shape index (κ2) is 5.78. The molecule has 1 aromatic rings. The van der Waals surface area contributed by atoms with E-state index in [4.69, 9.17) is 4.74 Å². The summed E-state index contributed by atoms with van der Waals surface area (Å²) in [4.78, 5) is 23.4. The van der Waals surface area contributed by atoms with Crippen molar-refractivity contribution in [2.24, 2.45) is 0 Å². The number of Topliss-reactive ketones (excluding diaryl/α,β-unsaturated/α-hetero) is 1. The number of esters is 1. The molecule has 1 saturated carbocycles. The van der Waals surface area contributed by atoms with E-state index >= 15 is 0 Å². The fourth-order valence-electron chi connectivity index (χ4n) is 2.62. The second-order valence-corrected chi connectivity index (χ2v) is 6.07. The summed E-state index contributed by atoms with van der Waals surface area (Å²) in [5.74, 6) is 0.0728. The lowest BCUT2D eigenvalue weighted by Gasteiger charge is -2.32. The van der Waals surface area contributed by atoms with Crippen molar-refractivity contribution in [1.29, 1.82) is 0 Å². The molecule has 0 heterocycles. The SMILES string of the molecule is Cc1ccc(C)c(CC(=O)OC2(C)CCC(=O)CC2)c1. The van der Waals surface area contributed by atoms with Crippen molar-refractivity contribution in [1.82, 2.24) is 0 Å². The van der Waals surface area contributed by atoms with Crippen LogP contribution in [-0.2, 0) is 20.7 Å². The van der Waals surface area contributed by atoms with Gasteiger partial charge in [0.2, 0.25) is 0 Å². The maximum atomic E-state index is 12.1. The molecule has 2 rings (SSSR count). The van der Waals surface area contributed by atoms with E-state index in [-0.39, 0.29) is 11.8 Å². The normalized spacial score (nSPS) is 17.9. The highest BCUT2D eigenvalue weighted by Gasteiger charge is 2.33. The second-order valence-electron chi connectivity index (χ2n) is 6.07. The van der Waals surface area contributed by atoms with Crippen LogP contribution in [-0.4, -0.2) is 17.4 Å². The first-order valence-corrected chi connectivity index (χ1v) is 7.18. The van der Waals surface area contributed by atoms with Crippen molar-refractivity contribution in [3.63, 3.8) is 0 Å². The van der Waals surface area contributed by atoms with E-state index in [0.29, 0.717) is 32.1 Å². The van der Waals surface area contributed by atoms with Crippen molar-refractivity contribution < 1.29 is 14.3 Å². The minimum atomic E-state index is -0.470. The fourth-order valence-corrected chi connectivity index (χ4v) is 2.62. The summed E-state index contributed by atoms with van der Waals surface area (Å²) >= 11 is 0. The summed E-state index contributed by atoms with van der Waals surface area (Å²) in [6.45, 7) is 5.95. The third-order valence-corrected chi connectivity index (χ3v) is 4.07. The van der Waals surface area contributed by atoms with E-state index in [1.54, 1.807) is 0 Å². The minimum Gasteiger partial charge on any atom is -0.459 e. The maximum Gasteiger partial charge on any atom is 0.310 e. The third-order valence-electron chi connectivity index (χ3n) is 4.07. The number of rotatable bonds is 3. The van der Waals surface area contributed by atoms with Crippen LogP contribution in [0.2, 0.25) is 0 Å². The number of ether oxygens (including phenoxy) is 1.